The molecular weight excluding hydrogens is 184 g/mol. The number of hydrogen-bond donors (Lipinski definition) is 3. The van der Waals surface area contributed by atoms with E-state index in [0.717, 1.165) is 0 Å². The molecule has 0 aliphatic carbocycles. The Labute approximate surface area is 79.7 Å². The Bertz CT molecular complexity index is 430. The summed E-state index contributed by atoms with van der Waals surface area (Å²) in [6.45, 7) is 0.475. The number of rotatable bonds is 0. The van der Waals surface area contributed by atoms with Crippen LogP contribution in [-0.2, 0) is 4.74 Å². The van der Waals surface area contributed by atoms with Crippen molar-refractivity contribution in [2.45, 2.75) is 18.4 Å². The molecule has 3 N–H and O–H groups in total. The lowest BCUT2D eigenvalue weighted by Gasteiger charge is -2.28. The van der Waals surface area contributed by atoms with Gasteiger partial charge in [0.15, 0.2) is 6.23 Å². The number of anilines is 1. The molecule has 1 unspecified atom stereocenters. The predicted molar refractivity (Wildman–Crippen MR) is 46.5 cm³/mol. The van der Waals surface area contributed by atoms with Crippen LogP contribution in [0.4, 0.5) is 5.95 Å². The van der Waals surface area contributed by atoms with E-state index >= 15 is 0 Å². The van der Waals surface area contributed by atoms with E-state index < -0.39 is 6.10 Å². The zero-order valence-corrected chi connectivity index (χ0v) is 7.34. The van der Waals surface area contributed by atoms with Crippen LogP contribution in [0.1, 0.15) is 6.23 Å². The fourth-order valence-electron chi connectivity index (χ4n) is 1.88. The van der Waals surface area contributed by atoms with E-state index in [9.17, 15) is 5.11 Å². The van der Waals surface area contributed by atoms with Gasteiger partial charge in [-0.05, 0) is 6.07 Å². The van der Waals surface area contributed by atoms with E-state index in [-0.39, 0.29) is 17.8 Å². The molecule has 2 aliphatic heterocycles. The Balaban J connectivity index is 2.16. The molecule has 3 rings (SSSR count). The summed E-state index contributed by atoms with van der Waals surface area (Å²) < 4.78 is 7.12. The minimum absolute atomic E-state index is 0.103. The molecule has 1 aromatic rings. The van der Waals surface area contributed by atoms with Gasteiger partial charge in [0.2, 0.25) is 5.95 Å². The maximum Gasteiger partial charge on any atom is 0.207 e. The third-order valence-electron chi connectivity index (χ3n) is 2.60. The molecule has 1 fully saturated rings. The molecule has 1 aromatic heterocycles. The first kappa shape index (κ1) is 7.95. The van der Waals surface area contributed by atoms with Gasteiger partial charge in [0.05, 0.1) is 12.6 Å². The molecular formula is C8H10N4O2. The van der Waals surface area contributed by atoms with Crippen LogP contribution in [0.2, 0.25) is 0 Å². The first-order valence-corrected chi connectivity index (χ1v) is 4.46. The number of aliphatic hydroxyl groups is 1. The first-order chi connectivity index (χ1) is 6.75. The number of aliphatic hydroxyl groups excluding tert-OH is 1. The zero-order chi connectivity index (χ0) is 9.71. The van der Waals surface area contributed by atoms with E-state index in [1.165, 1.54) is 0 Å². The lowest BCUT2D eigenvalue weighted by Crippen LogP contribution is -2.41. The van der Waals surface area contributed by atoms with E-state index in [2.05, 4.69) is 10.3 Å². The summed E-state index contributed by atoms with van der Waals surface area (Å²) in [6, 6.07) is 1.47. The van der Waals surface area contributed by atoms with Crippen LogP contribution < -0.4 is 10.8 Å². The summed E-state index contributed by atoms with van der Waals surface area (Å²) in [5, 5.41) is 20.1. The molecule has 74 valence electrons. The molecule has 2 bridgehead atoms. The van der Waals surface area contributed by atoms with Crippen molar-refractivity contribution in [3.63, 3.8) is 0 Å². The Morgan fingerprint density at radius 3 is 3.43 bits per heavy atom. The first-order valence-electron chi connectivity index (χ1n) is 4.46. The van der Waals surface area contributed by atoms with Crippen LogP contribution in [0.25, 0.3) is 0 Å². The Morgan fingerprint density at radius 2 is 2.57 bits per heavy atom. The van der Waals surface area contributed by atoms with Gasteiger partial charge in [0, 0.05) is 6.20 Å². The van der Waals surface area contributed by atoms with Crippen molar-refractivity contribution in [3.05, 3.63) is 17.8 Å². The van der Waals surface area contributed by atoms with Gasteiger partial charge in [-0.15, -0.1) is 0 Å². The van der Waals surface area contributed by atoms with Crippen molar-refractivity contribution in [3.8, 4) is 0 Å². The van der Waals surface area contributed by atoms with E-state index in [4.69, 9.17) is 10.1 Å². The molecule has 0 aromatic carbocycles. The molecule has 0 amide bonds. The van der Waals surface area contributed by atoms with Crippen LogP contribution in [0.3, 0.4) is 0 Å². The van der Waals surface area contributed by atoms with Crippen molar-refractivity contribution in [1.29, 1.82) is 5.41 Å². The minimum Gasteiger partial charge on any atom is -0.386 e. The van der Waals surface area contributed by atoms with Crippen LogP contribution in [0.5, 0.6) is 0 Å². The van der Waals surface area contributed by atoms with Gasteiger partial charge in [0.1, 0.15) is 11.6 Å². The molecule has 3 atom stereocenters. The summed E-state index contributed by atoms with van der Waals surface area (Å²) in [5.41, 5.74) is 0.208. The molecule has 0 spiro atoms. The number of fused-ring (bicyclic) bond motifs is 4. The highest BCUT2D eigenvalue weighted by Gasteiger charge is 2.42. The number of aromatic nitrogens is 2. The summed E-state index contributed by atoms with van der Waals surface area (Å²) in [6.07, 6.45) is 0.808. The molecule has 6 heteroatoms. The Morgan fingerprint density at radius 1 is 1.71 bits per heavy atom. The molecule has 1 saturated heterocycles. The second-order valence-corrected chi connectivity index (χ2v) is 3.51. The molecule has 3 heterocycles. The lowest BCUT2D eigenvalue weighted by atomic mass is 10.1. The van der Waals surface area contributed by atoms with Crippen molar-refractivity contribution in [2.75, 3.05) is 11.9 Å². The number of hydrogen-bond acceptors (Lipinski definition) is 5. The van der Waals surface area contributed by atoms with E-state index in [1.807, 2.05) is 0 Å². The van der Waals surface area contributed by atoms with Gasteiger partial charge in [-0.1, -0.05) is 0 Å². The van der Waals surface area contributed by atoms with Gasteiger partial charge in [-0.2, -0.15) is 4.98 Å². The molecule has 14 heavy (non-hydrogen) atoms. The maximum absolute atomic E-state index is 9.74. The van der Waals surface area contributed by atoms with Crippen LogP contribution in [0, 0.1) is 5.41 Å². The highest BCUT2D eigenvalue weighted by Crippen LogP contribution is 2.31. The standard InChI is InChI=1S/C8H10N4O2/c9-5-1-2-12-7-6(13)4(3-14-7)10-8(12)11-5/h1-2,4,6-7,13H,3H2,(H2,9,10,11)/t4-,6?,7-/m0/s1. The summed E-state index contributed by atoms with van der Waals surface area (Å²) in [5.74, 6) is 0.593. The van der Waals surface area contributed by atoms with Gasteiger partial charge >= 0.3 is 0 Å². The summed E-state index contributed by atoms with van der Waals surface area (Å²) >= 11 is 0. The van der Waals surface area contributed by atoms with Gasteiger partial charge < -0.3 is 15.2 Å². The van der Waals surface area contributed by atoms with Gasteiger partial charge in [-0.3, -0.25) is 9.98 Å². The second kappa shape index (κ2) is 2.55. The normalized spacial score (nSPS) is 33.6. The fourth-order valence-corrected chi connectivity index (χ4v) is 1.88. The molecule has 0 saturated carbocycles. The SMILES string of the molecule is N=c1ccn2c(n1)N[C@H]1CO[C@H]2C1O. The Kier molecular flexibility index (Phi) is 1.45. The third kappa shape index (κ3) is 0.919. The number of ether oxygens (including phenoxy) is 1. The topological polar surface area (TPSA) is 83.2 Å². The maximum atomic E-state index is 9.74. The van der Waals surface area contributed by atoms with Crippen LogP contribution in [0.15, 0.2) is 12.3 Å². The van der Waals surface area contributed by atoms with Crippen molar-refractivity contribution in [1.82, 2.24) is 9.55 Å². The smallest absolute Gasteiger partial charge is 0.207 e. The van der Waals surface area contributed by atoms with Crippen molar-refractivity contribution in [2.24, 2.45) is 0 Å². The summed E-state index contributed by atoms with van der Waals surface area (Å²) in [4.78, 5) is 4.02. The molecule has 0 radical (unpaired) electrons. The quantitative estimate of drug-likeness (QED) is 0.497. The van der Waals surface area contributed by atoms with Crippen molar-refractivity contribution >= 4 is 5.95 Å². The highest BCUT2D eigenvalue weighted by atomic mass is 16.5. The van der Waals surface area contributed by atoms with Gasteiger partial charge in [-0.25, -0.2) is 0 Å². The van der Waals surface area contributed by atoms with Gasteiger partial charge in [0.25, 0.3) is 0 Å². The zero-order valence-electron chi connectivity index (χ0n) is 7.34. The average Bonchev–Trinajstić information content (AvgIpc) is 2.44. The molecule has 6 nitrogen and oxygen atoms in total. The minimum atomic E-state index is -0.536. The van der Waals surface area contributed by atoms with Crippen LogP contribution >= 0.6 is 0 Å². The van der Waals surface area contributed by atoms with Crippen molar-refractivity contribution < 1.29 is 9.84 Å². The highest BCUT2D eigenvalue weighted by molar-refractivity contribution is 5.32. The van der Waals surface area contributed by atoms with E-state index in [0.29, 0.717) is 12.6 Å². The second-order valence-electron chi connectivity index (χ2n) is 3.51. The number of nitrogens with one attached hydrogen (secondary N) is 2. The average molecular weight is 194 g/mol. The predicted octanol–water partition coefficient (Wildman–Crippen LogP) is -0.954. The monoisotopic (exact) mass is 194 g/mol. The summed E-state index contributed by atoms with van der Waals surface area (Å²) in [7, 11) is 0. The Hall–Kier alpha value is -1.40. The molecule has 2 aliphatic rings. The lowest BCUT2D eigenvalue weighted by molar-refractivity contribution is -0.0113. The van der Waals surface area contributed by atoms with E-state index in [1.54, 1.807) is 16.8 Å². The number of nitrogens with zero attached hydrogens (tertiary/aromatic N) is 2. The fraction of sp³-hybridized carbons (Fsp3) is 0.500. The van der Waals surface area contributed by atoms with Crippen LogP contribution in [-0.4, -0.2) is 33.4 Å². The third-order valence-corrected chi connectivity index (χ3v) is 2.60. The largest absolute Gasteiger partial charge is 0.386 e.